The number of carbonyl (C=O) groups excluding carboxylic acids is 3. The van der Waals surface area contributed by atoms with Crippen molar-refractivity contribution >= 4 is 34.8 Å². The van der Waals surface area contributed by atoms with Crippen molar-refractivity contribution in [3.8, 4) is 88.3 Å². The van der Waals surface area contributed by atoms with E-state index in [4.69, 9.17) is 14.2 Å². The largest absolute Gasteiger partial charge is 0.494 e. The van der Waals surface area contributed by atoms with Crippen molar-refractivity contribution in [2.24, 2.45) is 0 Å². The van der Waals surface area contributed by atoms with Gasteiger partial charge in [-0.3, -0.25) is 14.4 Å². The molecule has 0 saturated carbocycles. The van der Waals surface area contributed by atoms with Gasteiger partial charge in [-0.1, -0.05) is 153 Å². The van der Waals surface area contributed by atoms with Gasteiger partial charge in [-0.15, -0.1) is 0 Å². The quantitative estimate of drug-likeness (QED) is 0.0305. The monoisotopic (exact) mass is 1190 g/mol. The van der Waals surface area contributed by atoms with Crippen molar-refractivity contribution in [2.45, 2.75) is 136 Å². The Bertz CT molecular complexity index is 3380. The molecule has 0 atom stereocenters. The zero-order chi connectivity index (χ0) is 63.1. The number of hydrogen-bond donors (Lipinski definition) is 3. The van der Waals surface area contributed by atoms with Crippen LogP contribution in [0.3, 0.4) is 0 Å². The fourth-order valence-electron chi connectivity index (χ4n) is 9.28. The van der Waals surface area contributed by atoms with Gasteiger partial charge in [-0.25, -0.2) is 0 Å². The summed E-state index contributed by atoms with van der Waals surface area (Å²) in [6.45, 7) is 8.79. The third-order valence-electron chi connectivity index (χ3n) is 14.4. The van der Waals surface area contributed by atoms with Crippen LogP contribution in [0.15, 0.2) is 164 Å². The van der Waals surface area contributed by atoms with Crippen molar-refractivity contribution in [3.05, 3.63) is 214 Å². The van der Waals surface area contributed by atoms with E-state index in [0.717, 1.165) is 53.2 Å². The SMILES string of the molecule is CCCCCCCCOc1ccc(C#CC#Cc2ccc(NC(=O)c3cc(C(=O)Nc4ccc(C#CC#Cc5ccc(OCCCCCCCC)cc5)cc4)cc(C(=O)Nc4ccc(C#CC#Cc5ccc(OCCCCCCCC)cc5)cc4)c3)cc2)cc1. The molecule has 90 heavy (non-hydrogen) atoms. The zero-order valence-corrected chi connectivity index (χ0v) is 52.4. The number of unbranched alkanes of at least 4 members (excludes halogenated alkanes) is 15. The van der Waals surface area contributed by atoms with Crippen molar-refractivity contribution < 1.29 is 28.6 Å². The van der Waals surface area contributed by atoms with E-state index in [-0.39, 0.29) is 16.7 Å². The number of benzene rings is 7. The summed E-state index contributed by atoms with van der Waals surface area (Å²) in [5, 5.41) is 8.70. The second kappa shape index (κ2) is 39.5. The molecule has 3 amide bonds. The van der Waals surface area contributed by atoms with E-state index in [0.29, 0.717) is 53.6 Å². The molecule has 7 aromatic rings. The van der Waals surface area contributed by atoms with Gasteiger partial charge in [-0.05, 0) is 219 Å². The average Bonchev–Trinajstić information content (AvgIpc) is 1.03. The highest BCUT2D eigenvalue weighted by atomic mass is 16.5. The van der Waals surface area contributed by atoms with E-state index in [1.807, 2.05) is 72.8 Å². The highest BCUT2D eigenvalue weighted by Crippen LogP contribution is 2.21. The first-order chi connectivity index (χ1) is 44.2. The fraction of sp³-hybridized carbons (Fsp3) is 0.296. The molecule has 0 aliphatic rings. The molecule has 0 spiro atoms. The van der Waals surface area contributed by atoms with Gasteiger partial charge in [-0.2, -0.15) is 0 Å². The van der Waals surface area contributed by atoms with Gasteiger partial charge in [0.15, 0.2) is 0 Å². The summed E-state index contributed by atoms with van der Waals surface area (Å²) in [4.78, 5) is 42.0. The number of amides is 3. The summed E-state index contributed by atoms with van der Waals surface area (Å²) in [6, 6.07) is 48.5. The van der Waals surface area contributed by atoms with Gasteiger partial charge >= 0.3 is 0 Å². The van der Waals surface area contributed by atoms with Crippen molar-refractivity contribution in [2.75, 3.05) is 35.8 Å². The van der Waals surface area contributed by atoms with E-state index < -0.39 is 17.7 Å². The molecule has 9 nitrogen and oxygen atoms in total. The molecule has 3 N–H and O–H groups in total. The molecule has 0 fully saturated rings. The summed E-state index contributed by atoms with van der Waals surface area (Å²) in [6.07, 6.45) is 21.9. The molecule has 0 aliphatic heterocycles. The van der Waals surface area contributed by atoms with E-state index in [1.54, 1.807) is 72.8 Å². The maximum atomic E-state index is 14.0. The van der Waals surface area contributed by atoms with Crippen LogP contribution < -0.4 is 30.2 Å². The minimum atomic E-state index is -0.533. The third-order valence-corrected chi connectivity index (χ3v) is 14.4. The maximum Gasteiger partial charge on any atom is 0.255 e. The molecule has 7 rings (SSSR count). The highest BCUT2D eigenvalue weighted by Gasteiger charge is 2.18. The molecule has 0 bridgehead atoms. The van der Waals surface area contributed by atoms with Crippen molar-refractivity contribution in [1.29, 1.82) is 0 Å². The van der Waals surface area contributed by atoms with Crippen LogP contribution in [0.4, 0.5) is 17.1 Å². The first kappa shape index (κ1) is 67.2. The molecule has 7 aromatic carbocycles. The summed E-state index contributed by atoms with van der Waals surface area (Å²) in [5.74, 6) is 36.7. The van der Waals surface area contributed by atoms with Crippen LogP contribution >= 0.6 is 0 Å². The van der Waals surface area contributed by atoms with Crippen LogP contribution in [-0.4, -0.2) is 37.5 Å². The topological polar surface area (TPSA) is 115 Å². The summed E-state index contributed by atoms with van der Waals surface area (Å²) in [7, 11) is 0. The van der Waals surface area contributed by atoms with Crippen LogP contribution in [0.1, 0.15) is 201 Å². The smallest absolute Gasteiger partial charge is 0.255 e. The Morgan fingerprint density at radius 3 is 0.700 bits per heavy atom. The van der Waals surface area contributed by atoms with Gasteiger partial charge in [0.2, 0.25) is 0 Å². The molecule has 0 aliphatic carbocycles. The Kier molecular flexibility index (Phi) is 29.5. The van der Waals surface area contributed by atoms with Gasteiger partial charge < -0.3 is 30.2 Å². The normalized spacial score (nSPS) is 10.0. The van der Waals surface area contributed by atoms with E-state index >= 15 is 0 Å². The second-order valence-electron chi connectivity index (χ2n) is 21.8. The standard InChI is InChI=1S/C81H81N3O6/c1-4-7-10-13-16-25-58-88-76-52-40-67(41-53-76)31-22-19-28-64-34-46-73(47-35-64)82-79(85)70-61-71(80(86)83-74-48-36-65(37-49-74)29-20-23-32-68-42-54-77(55-43-68)89-59-26-17-14-11-8-5-2)63-72(62-70)81(87)84-75-50-38-66(39-51-75)30-21-24-33-69-44-56-78(57-45-69)90-60-27-18-15-12-9-6-3/h34-57,61-63H,4-18,25-27,58-60H2,1-3H3,(H,82,85)(H,83,86)(H,84,87). The highest BCUT2D eigenvalue weighted by molar-refractivity contribution is 6.13. The average molecular weight is 1190 g/mol. The summed E-state index contributed by atoms with van der Waals surface area (Å²) in [5.41, 5.74) is 6.29. The van der Waals surface area contributed by atoms with Crippen LogP contribution in [0.25, 0.3) is 0 Å². The van der Waals surface area contributed by atoms with Crippen LogP contribution in [0, 0.1) is 71.0 Å². The van der Waals surface area contributed by atoms with Crippen LogP contribution in [0.2, 0.25) is 0 Å². The van der Waals surface area contributed by atoms with Crippen molar-refractivity contribution in [3.63, 3.8) is 0 Å². The number of ether oxygens (including phenoxy) is 3. The Balaban J connectivity index is 0.970. The zero-order valence-electron chi connectivity index (χ0n) is 52.4. The number of rotatable bonds is 30. The third kappa shape index (κ3) is 25.6. The Labute approximate surface area is 534 Å². The van der Waals surface area contributed by atoms with Crippen LogP contribution in [0.5, 0.6) is 17.2 Å². The molecule has 456 valence electrons. The molecule has 0 saturated heterocycles. The molecular weight excluding hydrogens is 1110 g/mol. The summed E-state index contributed by atoms with van der Waals surface area (Å²) >= 11 is 0. The Morgan fingerprint density at radius 1 is 0.278 bits per heavy atom. The lowest BCUT2D eigenvalue weighted by Crippen LogP contribution is -2.19. The lowest BCUT2D eigenvalue weighted by atomic mass is 10.0. The van der Waals surface area contributed by atoms with Gasteiger partial charge in [0.1, 0.15) is 17.2 Å². The van der Waals surface area contributed by atoms with E-state index in [1.165, 1.54) is 115 Å². The van der Waals surface area contributed by atoms with E-state index in [2.05, 4.69) is 108 Å². The first-order valence-electron chi connectivity index (χ1n) is 31.9. The van der Waals surface area contributed by atoms with Gasteiger partial charge in [0.05, 0.1) is 19.8 Å². The van der Waals surface area contributed by atoms with Crippen molar-refractivity contribution in [1.82, 2.24) is 0 Å². The van der Waals surface area contributed by atoms with E-state index in [9.17, 15) is 14.4 Å². The lowest BCUT2D eigenvalue weighted by molar-refractivity contribution is 0.102. The number of carbonyl (C=O) groups is 3. The van der Waals surface area contributed by atoms with Crippen LogP contribution in [-0.2, 0) is 0 Å². The minimum absolute atomic E-state index is 0.0864. The Hall–Kier alpha value is -10.3. The lowest BCUT2D eigenvalue weighted by Gasteiger charge is -2.12. The number of hydrogen-bond acceptors (Lipinski definition) is 6. The maximum absolute atomic E-state index is 14.0. The van der Waals surface area contributed by atoms with Gasteiger partial charge in [0, 0.05) is 67.1 Å². The molecule has 0 aromatic heterocycles. The number of nitrogens with one attached hydrogen (secondary N) is 3. The molecule has 0 radical (unpaired) electrons. The minimum Gasteiger partial charge on any atom is -0.494 e. The number of anilines is 3. The molecule has 9 heteroatoms. The predicted molar refractivity (Wildman–Crippen MR) is 367 cm³/mol. The Morgan fingerprint density at radius 2 is 0.478 bits per heavy atom. The first-order valence-corrected chi connectivity index (χ1v) is 31.9. The fourth-order valence-corrected chi connectivity index (χ4v) is 9.28. The molecule has 0 heterocycles. The van der Waals surface area contributed by atoms with Gasteiger partial charge in [0.25, 0.3) is 17.7 Å². The second-order valence-corrected chi connectivity index (χ2v) is 21.8. The summed E-state index contributed by atoms with van der Waals surface area (Å²) < 4.78 is 17.7. The molecular formula is C81H81N3O6. The predicted octanol–water partition coefficient (Wildman–Crippen LogP) is 17.9. The molecule has 0 unspecified atom stereocenters.